The van der Waals surface area contributed by atoms with Crippen LogP contribution in [0.5, 0.6) is 5.88 Å². The van der Waals surface area contributed by atoms with E-state index in [9.17, 15) is 0 Å². The van der Waals surface area contributed by atoms with E-state index in [4.69, 9.17) is 15.2 Å². The first kappa shape index (κ1) is 12.6. The lowest BCUT2D eigenvalue weighted by Crippen LogP contribution is -2.36. The highest BCUT2D eigenvalue weighted by atomic mass is 79.9. The molecule has 1 saturated heterocycles. The normalized spacial score (nSPS) is 29.0. The van der Waals surface area contributed by atoms with Crippen molar-refractivity contribution in [3.05, 3.63) is 10.7 Å². The van der Waals surface area contributed by atoms with Gasteiger partial charge in [0.15, 0.2) is 0 Å². The Morgan fingerprint density at radius 1 is 1.41 bits per heavy atom. The summed E-state index contributed by atoms with van der Waals surface area (Å²) < 4.78 is 12.2. The van der Waals surface area contributed by atoms with Gasteiger partial charge in [-0.2, -0.15) is 4.98 Å². The summed E-state index contributed by atoms with van der Waals surface area (Å²) in [7, 11) is 0. The SMILES string of the molecule is CC1CC(Oc2nc(N)ncc2Br)CC(C)O1. The van der Waals surface area contributed by atoms with Gasteiger partial charge in [0.2, 0.25) is 11.8 Å². The Balaban J connectivity index is 2.07. The topological polar surface area (TPSA) is 70.3 Å². The van der Waals surface area contributed by atoms with Gasteiger partial charge in [0.1, 0.15) is 6.10 Å². The van der Waals surface area contributed by atoms with Crippen molar-refractivity contribution in [1.29, 1.82) is 0 Å². The molecular weight excluding hydrogens is 286 g/mol. The van der Waals surface area contributed by atoms with E-state index in [0.717, 1.165) is 17.3 Å². The molecule has 0 bridgehead atoms. The molecule has 0 saturated carbocycles. The Labute approximate surface area is 109 Å². The van der Waals surface area contributed by atoms with Crippen LogP contribution in [0.4, 0.5) is 5.95 Å². The fraction of sp³-hybridized carbons (Fsp3) is 0.636. The summed E-state index contributed by atoms with van der Waals surface area (Å²) in [4.78, 5) is 7.95. The van der Waals surface area contributed by atoms with E-state index in [0.29, 0.717) is 5.88 Å². The van der Waals surface area contributed by atoms with Crippen molar-refractivity contribution < 1.29 is 9.47 Å². The maximum Gasteiger partial charge on any atom is 0.233 e. The van der Waals surface area contributed by atoms with Gasteiger partial charge in [-0.15, -0.1) is 0 Å². The third kappa shape index (κ3) is 3.29. The van der Waals surface area contributed by atoms with Crippen LogP contribution in [0.25, 0.3) is 0 Å². The third-order valence-corrected chi connectivity index (χ3v) is 3.21. The number of rotatable bonds is 2. The van der Waals surface area contributed by atoms with E-state index >= 15 is 0 Å². The molecule has 2 N–H and O–H groups in total. The molecule has 2 heterocycles. The van der Waals surface area contributed by atoms with Gasteiger partial charge in [0.25, 0.3) is 0 Å². The second-order valence-electron chi connectivity index (χ2n) is 4.35. The van der Waals surface area contributed by atoms with Crippen molar-refractivity contribution >= 4 is 21.9 Å². The molecule has 0 spiro atoms. The number of aromatic nitrogens is 2. The molecule has 0 amide bonds. The van der Waals surface area contributed by atoms with Crippen molar-refractivity contribution in [3.8, 4) is 5.88 Å². The van der Waals surface area contributed by atoms with Gasteiger partial charge in [-0.1, -0.05) is 0 Å². The maximum absolute atomic E-state index is 5.85. The van der Waals surface area contributed by atoms with Crippen LogP contribution in [-0.4, -0.2) is 28.3 Å². The molecule has 1 aromatic rings. The predicted molar refractivity (Wildman–Crippen MR) is 67.8 cm³/mol. The molecule has 1 aromatic heterocycles. The summed E-state index contributed by atoms with van der Waals surface area (Å²) in [6.07, 6.45) is 3.85. The minimum absolute atomic E-state index is 0.111. The van der Waals surface area contributed by atoms with Gasteiger partial charge < -0.3 is 15.2 Å². The quantitative estimate of drug-likeness (QED) is 0.906. The number of halogens is 1. The Bertz CT molecular complexity index is 392. The van der Waals surface area contributed by atoms with Crippen LogP contribution in [0.3, 0.4) is 0 Å². The number of nitrogens with two attached hydrogens (primary N) is 1. The fourth-order valence-electron chi connectivity index (χ4n) is 2.05. The van der Waals surface area contributed by atoms with Crippen molar-refractivity contribution in [3.63, 3.8) is 0 Å². The van der Waals surface area contributed by atoms with Crippen LogP contribution in [0.1, 0.15) is 26.7 Å². The van der Waals surface area contributed by atoms with Crippen molar-refractivity contribution in [1.82, 2.24) is 9.97 Å². The molecular formula is C11H16BrN3O2. The molecule has 2 rings (SSSR count). The first-order valence-electron chi connectivity index (χ1n) is 5.64. The zero-order valence-corrected chi connectivity index (χ0v) is 11.5. The molecule has 5 nitrogen and oxygen atoms in total. The zero-order valence-electron chi connectivity index (χ0n) is 9.89. The highest BCUT2D eigenvalue weighted by Gasteiger charge is 2.26. The summed E-state index contributed by atoms with van der Waals surface area (Å²) in [5.41, 5.74) is 5.54. The predicted octanol–water partition coefficient (Wildman–Crippen LogP) is 2.16. The molecule has 6 heteroatoms. The fourth-order valence-corrected chi connectivity index (χ4v) is 2.33. The van der Waals surface area contributed by atoms with E-state index in [1.165, 1.54) is 0 Å². The van der Waals surface area contributed by atoms with Crippen LogP contribution in [0.15, 0.2) is 10.7 Å². The van der Waals surface area contributed by atoms with Gasteiger partial charge in [-0.25, -0.2) is 4.98 Å². The van der Waals surface area contributed by atoms with Gasteiger partial charge in [0.05, 0.1) is 22.9 Å². The van der Waals surface area contributed by atoms with E-state index in [-0.39, 0.29) is 24.3 Å². The lowest BCUT2D eigenvalue weighted by atomic mass is 10.0. The van der Waals surface area contributed by atoms with E-state index in [1.54, 1.807) is 6.20 Å². The Morgan fingerprint density at radius 2 is 2.06 bits per heavy atom. The van der Waals surface area contributed by atoms with E-state index in [1.807, 2.05) is 0 Å². The smallest absolute Gasteiger partial charge is 0.233 e. The maximum atomic E-state index is 5.85. The van der Waals surface area contributed by atoms with Crippen molar-refractivity contribution in [2.24, 2.45) is 0 Å². The van der Waals surface area contributed by atoms with Gasteiger partial charge >= 0.3 is 0 Å². The van der Waals surface area contributed by atoms with Crippen LogP contribution < -0.4 is 10.5 Å². The summed E-state index contributed by atoms with van der Waals surface area (Å²) in [5, 5.41) is 0. The largest absolute Gasteiger partial charge is 0.473 e. The molecule has 0 radical (unpaired) electrons. The van der Waals surface area contributed by atoms with E-state index < -0.39 is 0 Å². The minimum atomic E-state index is 0.111. The molecule has 0 aliphatic carbocycles. The van der Waals surface area contributed by atoms with Crippen molar-refractivity contribution in [2.45, 2.75) is 45.0 Å². The van der Waals surface area contributed by atoms with E-state index in [2.05, 4.69) is 39.7 Å². The second-order valence-corrected chi connectivity index (χ2v) is 5.20. The van der Waals surface area contributed by atoms with Crippen LogP contribution >= 0.6 is 15.9 Å². The summed E-state index contributed by atoms with van der Waals surface area (Å²) >= 11 is 3.35. The van der Waals surface area contributed by atoms with Gasteiger partial charge in [0, 0.05) is 12.8 Å². The Hall–Kier alpha value is -0.880. The number of ether oxygens (including phenoxy) is 2. The Kier molecular flexibility index (Phi) is 3.83. The number of nitrogens with zero attached hydrogens (tertiary/aromatic N) is 2. The first-order valence-corrected chi connectivity index (χ1v) is 6.44. The Morgan fingerprint density at radius 3 is 2.71 bits per heavy atom. The zero-order chi connectivity index (χ0) is 12.4. The lowest BCUT2D eigenvalue weighted by Gasteiger charge is -2.32. The molecule has 0 aromatic carbocycles. The molecule has 2 unspecified atom stereocenters. The number of hydrogen-bond acceptors (Lipinski definition) is 5. The molecule has 94 valence electrons. The van der Waals surface area contributed by atoms with Gasteiger partial charge in [-0.3, -0.25) is 0 Å². The summed E-state index contributed by atoms with van der Waals surface area (Å²) in [6, 6.07) is 0. The van der Waals surface area contributed by atoms with Gasteiger partial charge in [-0.05, 0) is 29.8 Å². The van der Waals surface area contributed by atoms with Crippen LogP contribution in [0.2, 0.25) is 0 Å². The molecule has 1 aliphatic rings. The first-order chi connectivity index (χ1) is 8.04. The molecule has 1 aliphatic heterocycles. The second kappa shape index (κ2) is 5.18. The molecule has 2 atom stereocenters. The average molecular weight is 302 g/mol. The third-order valence-electron chi connectivity index (χ3n) is 2.66. The average Bonchev–Trinajstić information content (AvgIpc) is 2.22. The number of anilines is 1. The molecule has 1 fully saturated rings. The summed E-state index contributed by atoms with van der Waals surface area (Å²) in [5.74, 6) is 0.722. The monoisotopic (exact) mass is 301 g/mol. The van der Waals surface area contributed by atoms with Crippen LogP contribution in [0, 0.1) is 0 Å². The standard InChI is InChI=1S/C11H16BrN3O2/c1-6-3-8(4-7(2)16-6)17-10-9(12)5-14-11(13)15-10/h5-8H,3-4H2,1-2H3,(H2,13,14,15). The number of nitrogen functional groups attached to an aromatic ring is 1. The van der Waals surface area contributed by atoms with Crippen LogP contribution in [-0.2, 0) is 4.74 Å². The van der Waals surface area contributed by atoms with Crippen molar-refractivity contribution in [2.75, 3.05) is 5.73 Å². The molecule has 17 heavy (non-hydrogen) atoms. The highest BCUT2D eigenvalue weighted by molar-refractivity contribution is 9.10. The lowest BCUT2D eigenvalue weighted by molar-refractivity contribution is -0.0731. The summed E-state index contributed by atoms with van der Waals surface area (Å²) in [6.45, 7) is 4.10. The highest BCUT2D eigenvalue weighted by Crippen LogP contribution is 2.27. The number of hydrogen-bond donors (Lipinski definition) is 1. The minimum Gasteiger partial charge on any atom is -0.473 e.